The molecule has 15 rings (SSSR count). The summed E-state index contributed by atoms with van der Waals surface area (Å²) < 4.78 is 11.9. The smallest absolute Gasteiger partial charge is 0.134 e. The van der Waals surface area contributed by atoms with Crippen molar-refractivity contribution in [3.8, 4) is 46.4 Å². The van der Waals surface area contributed by atoms with Gasteiger partial charge in [0.15, 0.2) is 0 Å². The Hall–Kier alpha value is -9.41. The summed E-state index contributed by atoms with van der Waals surface area (Å²) in [6, 6.07) is 70.2. The fourth-order valence-electron chi connectivity index (χ4n) is 11.7. The number of nitriles is 2. The first-order valence-corrected chi connectivity index (χ1v) is 23.9. The zero-order valence-corrected chi connectivity index (χ0v) is 37.8. The fraction of sp³-hybridized carbons (Fsp3) is 0.0164. The van der Waals surface area contributed by atoms with E-state index in [4.69, 9.17) is 14.7 Å². The third kappa shape index (κ3) is 5.08. The third-order valence-electron chi connectivity index (χ3n) is 14.5. The lowest BCUT2D eigenvalue weighted by Crippen LogP contribution is -2.34. The topological polar surface area (TPSA) is 95.7 Å². The Balaban J connectivity index is 1.06. The number of benzene rings is 8. The maximum absolute atomic E-state index is 10.0. The minimum Gasteiger partial charge on any atom is -0.457 e. The van der Waals surface area contributed by atoms with Crippen LogP contribution in [0.5, 0.6) is 11.5 Å². The molecule has 8 aromatic carbocycles. The molecule has 1 atom stereocenters. The van der Waals surface area contributed by atoms with Crippen LogP contribution in [0.15, 0.2) is 210 Å². The molecule has 0 bridgehead atoms. The average Bonchev–Trinajstić information content (AvgIpc) is 4.03. The summed E-state index contributed by atoms with van der Waals surface area (Å²) >= 11 is 1.78. The van der Waals surface area contributed by atoms with Crippen molar-refractivity contribution < 1.29 is 4.74 Å². The molecule has 0 N–H and O–H groups in total. The second-order valence-electron chi connectivity index (χ2n) is 17.9. The van der Waals surface area contributed by atoms with Crippen LogP contribution in [0.2, 0.25) is 0 Å². The van der Waals surface area contributed by atoms with Gasteiger partial charge in [0.2, 0.25) is 0 Å². The highest BCUT2D eigenvalue weighted by Gasteiger charge is 2.55. The molecule has 70 heavy (non-hydrogen) atoms. The van der Waals surface area contributed by atoms with Gasteiger partial charge < -0.3 is 18.8 Å². The van der Waals surface area contributed by atoms with Crippen LogP contribution in [0.3, 0.4) is 0 Å². The van der Waals surface area contributed by atoms with E-state index in [1.165, 1.54) is 10.8 Å². The summed E-state index contributed by atoms with van der Waals surface area (Å²) in [5.74, 6) is 1.47. The molecule has 6 heterocycles. The van der Waals surface area contributed by atoms with E-state index < -0.39 is 5.41 Å². The molecule has 1 spiro atoms. The lowest BCUT2D eigenvalue weighted by molar-refractivity contribution is 0.436. The summed E-state index contributed by atoms with van der Waals surface area (Å²) in [4.78, 5) is 15.3. The standard InChI is InChI=1S/C61H33N7OS/c62-33-36-22-26-49-42(29-36)43-30-37(34-63)23-27-50(43)67(49)39-31-46-60(65-35-39)59-45(13-10-28-64-59)61(46)44-25-24-38(66-47-14-3-1-11-40(47)41-12-2-4-15-48(41)66)32-55(44)69-54-19-9-18-53(58(54)61)68-51-16-5-7-20-56(51)70-57-21-8-6-17-52(57)68/h1-32,35H. The Morgan fingerprint density at radius 1 is 0.457 bits per heavy atom. The number of ether oxygens (including phenoxy) is 1. The van der Waals surface area contributed by atoms with Gasteiger partial charge in [-0.2, -0.15) is 10.5 Å². The quantitative estimate of drug-likeness (QED) is 0.174. The van der Waals surface area contributed by atoms with E-state index >= 15 is 0 Å². The third-order valence-corrected chi connectivity index (χ3v) is 15.6. The number of hydrogen-bond donors (Lipinski definition) is 0. The number of hydrogen-bond acceptors (Lipinski definition) is 7. The monoisotopic (exact) mass is 911 g/mol. The molecule has 0 fully saturated rings. The minimum absolute atomic E-state index is 0.545. The molecule has 4 aromatic heterocycles. The summed E-state index contributed by atoms with van der Waals surface area (Å²) in [6.45, 7) is 0. The number of pyridine rings is 2. The predicted molar refractivity (Wildman–Crippen MR) is 276 cm³/mol. The Morgan fingerprint density at radius 3 is 1.74 bits per heavy atom. The van der Waals surface area contributed by atoms with E-state index in [2.05, 4.69) is 172 Å². The van der Waals surface area contributed by atoms with E-state index in [0.29, 0.717) is 11.1 Å². The largest absolute Gasteiger partial charge is 0.457 e. The van der Waals surface area contributed by atoms with Crippen molar-refractivity contribution in [1.29, 1.82) is 10.5 Å². The van der Waals surface area contributed by atoms with E-state index in [9.17, 15) is 10.5 Å². The Kier molecular flexibility index (Phi) is 7.90. The van der Waals surface area contributed by atoms with Gasteiger partial charge in [-0.05, 0) is 109 Å². The minimum atomic E-state index is -1.00. The van der Waals surface area contributed by atoms with Crippen LogP contribution in [-0.2, 0) is 5.41 Å². The highest BCUT2D eigenvalue weighted by atomic mass is 32.2. The van der Waals surface area contributed by atoms with Gasteiger partial charge in [-0.25, -0.2) is 0 Å². The van der Waals surface area contributed by atoms with Gasteiger partial charge in [-0.15, -0.1) is 0 Å². The second-order valence-corrected chi connectivity index (χ2v) is 19.0. The highest BCUT2D eigenvalue weighted by molar-refractivity contribution is 7.99. The number of rotatable bonds is 3. The van der Waals surface area contributed by atoms with Gasteiger partial charge in [-0.1, -0.05) is 90.6 Å². The molecule has 0 saturated carbocycles. The maximum Gasteiger partial charge on any atom is 0.134 e. The number of para-hydroxylation sites is 4. The van der Waals surface area contributed by atoms with Crippen molar-refractivity contribution in [3.63, 3.8) is 0 Å². The van der Waals surface area contributed by atoms with Gasteiger partial charge in [0.05, 0.1) is 91.1 Å². The van der Waals surface area contributed by atoms with Gasteiger partial charge >= 0.3 is 0 Å². The first-order chi connectivity index (χ1) is 34.6. The van der Waals surface area contributed by atoms with Crippen molar-refractivity contribution in [2.45, 2.75) is 15.2 Å². The van der Waals surface area contributed by atoms with Gasteiger partial charge in [0.25, 0.3) is 0 Å². The van der Waals surface area contributed by atoms with Crippen molar-refractivity contribution in [1.82, 2.24) is 19.1 Å². The van der Waals surface area contributed by atoms with Crippen LogP contribution in [-0.4, -0.2) is 19.1 Å². The number of anilines is 3. The van der Waals surface area contributed by atoms with Crippen molar-refractivity contribution in [3.05, 3.63) is 234 Å². The van der Waals surface area contributed by atoms with Crippen LogP contribution in [0.25, 0.3) is 66.4 Å². The molecule has 12 aromatic rings. The summed E-state index contributed by atoms with van der Waals surface area (Å²) in [6.07, 6.45) is 3.79. The molecule has 1 aliphatic carbocycles. The normalized spacial score (nSPS) is 14.9. The molecule has 0 amide bonds. The average molecular weight is 912 g/mol. The SMILES string of the molecule is N#Cc1ccc2c(c1)c1cc(C#N)ccc1n2-c1cnc2c(c1)C1(c3ccc(-n4c5ccccc5c5ccccc54)cc3Oc3cccc(N4c5ccccc5Sc5ccccc54)c31)c1cccnc1-2. The molecule has 3 aliphatic rings. The fourth-order valence-corrected chi connectivity index (χ4v) is 12.8. The first kappa shape index (κ1) is 38.7. The lowest BCUT2D eigenvalue weighted by Gasteiger charge is -2.43. The Morgan fingerprint density at radius 2 is 1.06 bits per heavy atom. The van der Waals surface area contributed by atoms with Crippen LogP contribution in [0.4, 0.5) is 17.1 Å². The van der Waals surface area contributed by atoms with E-state index in [1.54, 1.807) is 11.8 Å². The molecule has 8 nitrogen and oxygen atoms in total. The van der Waals surface area contributed by atoms with E-state index in [0.717, 1.165) is 116 Å². The molecule has 324 valence electrons. The zero-order chi connectivity index (χ0) is 46.2. The van der Waals surface area contributed by atoms with E-state index in [-0.39, 0.29) is 0 Å². The molecule has 1 unspecified atom stereocenters. The number of fused-ring (bicyclic) bond motifs is 17. The first-order valence-electron chi connectivity index (χ1n) is 23.1. The lowest BCUT2D eigenvalue weighted by atomic mass is 9.65. The zero-order valence-electron chi connectivity index (χ0n) is 37.0. The van der Waals surface area contributed by atoms with Gasteiger partial charge in [-0.3, -0.25) is 9.97 Å². The van der Waals surface area contributed by atoms with E-state index in [1.807, 2.05) is 54.9 Å². The molecule has 0 saturated heterocycles. The summed E-state index contributed by atoms with van der Waals surface area (Å²) in [5.41, 5.74) is 14.6. The van der Waals surface area contributed by atoms with Crippen LogP contribution in [0, 0.1) is 22.7 Å². The number of nitrogens with zero attached hydrogens (tertiary/aromatic N) is 7. The van der Waals surface area contributed by atoms with Gasteiger partial charge in [0, 0.05) is 66.0 Å². The molecule has 2 aliphatic heterocycles. The van der Waals surface area contributed by atoms with Crippen molar-refractivity contribution in [2.75, 3.05) is 4.90 Å². The maximum atomic E-state index is 10.0. The van der Waals surface area contributed by atoms with Crippen LogP contribution < -0.4 is 9.64 Å². The van der Waals surface area contributed by atoms with Crippen LogP contribution >= 0.6 is 11.8 Å². The highest BCUT2D eigenvalue weighted by Crippen LogP contribution is 2.65. The molecule has 0 radical (unpaired) electrons. The summed E-state index contributed by atoms with van der Waals surface area (Å²) in [7, 11) is 0. The second kappa shape index (κ2) is 14.3. The van der Waals surface area contributed by atoms with Crippen LogP contribution in [0.1, 0.15) is 33.4 Å². The predicted octanol–water partition coefficient (Wildman–Crippen LogP) is 14.8. The molecule has 9 heteroatoms. The van der Waals surface area contributed by atoms with Crippen molar-refractivity contribution in [2.24, 2.45) is 0 Å². The Bertz CT molecular complexity index is 4210. The Labute approximate surface area is 405 Å². The summed E-state index contributed by atoms with van der Waals surface area (Å²) in [5, 5.41) is 24.2. The molecular weight excluding hydrogens is 879 g/mol. The van der Waals surface area contributed by atoms with Crippen molar-refractivity contribution >= 4 is 72.4 Å². The molecular formula is C61H33N7OS. The number of aromatic nitrogens is 4. The van der Waals surface area contributed by atoms with Gasteiger partial charge in [0.1, 0.15) is 11.5 Å².